The van der Waals surface area contributed by atoms with Gasteiger partial charge in [0.25, 0.3) is 11.5 Å². The summed E-state index contributed by atoms with van der Waals surface area (Å²) in [4.78, 5) is 34.1. The number of nitrogens with one attached hydrogen (secondary N) is 1. The zero-order valence-corrected chi connectivity index (χ0v) is 18.1. The lowest BCUT2D eigenvalue weighted by Gasteiger charge is -2.24. The van der Waals surface area contributed by atoms with Gasteiger partial charge in [-0.05, 0) is 61.4 Å². The predicted octanol–water partition coefficient (Wildman–Crippen LogP) is 2.98. The molecule has 2 heterocycles. The molecular weight excluding hydrogens is 425 g/mol. The smallest absolute Gasteiger partial charge is 0.258 e. The molecule has 1 amide bonds. The normalized spacial score (nSPS) is 16.7. The van der Waals surface area contributed by atoms with Crippen molar-refractivity contribution in [3.05, 3.63) is 75.8 Å². The third kappa shape index (κ3) is 4.83. The maximum Gasteiger partial charge on any atom is 0.258 e. The van der Waals surface area contributed by atoms with E-state index in [1.807, 2.05) is 4.90 Å². The SMILES string of the molecule is COC[C@@H]1CCCN1C(=O)c1ccc(N=CC(=NN)c2cc3cc(F)ccc3[nH]c2=O)cc1. The van der Waals surface area contributed by atoms with E-state index in [4.69, 9.17) is 10.6 Å². The summed E-state index contributed by atoms with van der Waals surface area (Å²) in [5, 5.41) is 4.18. The van der Waals surface area contributed by atoms with E-state index < -0.39 is 11.4 Å². The highest BCUT2D eigenvalue weighted by Crippen LogP contribution is 2.22. The van der Waals surface area contributed by atoms with Crippen LogP contribution >= 0.6 is 0 Å². The Labute approximate surface area is 189 Å². The number of hydrazone groups is 1. The molecule has 1 fully saturated rings. The molecule has 0 aliphatic carbocycles. The zero-order valence-electron chi connectivity index (χ0n) is 18.1. The van der Waals surface area contributed by atoms with Crippen molar-refractivity contribution in [2.45, 2.75) is 18.9 Å². The van der Waals surface area contributed by atoms with Gasteiger partial charge >= 0.3 is 0 Å². The molecule has 3 N–H and O–H groups in total. The number of H-pyrrole nitrogens is 1. The fourth-order valence-corrected chi connectivity index (χ4v) is 4.00. The van der Waals surface area contributed by atoms with Gasteiger partial charge in [-0.1, -0.05) is 0 Å². The Hall–Kier alpha value is -3.85. The van der Waals surface area contributed by atoms with Crippen LogP contribution in [0.2, 0.25) is 0 Å². The number of likely N-dealkylation sites (tertiary alicyclic amines) is 1. The van der Waals surface area contributed by atoms with Crippen molar-refractivity contribution in [1.82, 2.24) is 9.88 Å². The number of fused-ring (bicyclic) bond motifs is 1. The number of hydrogen-bond acceptors (Lipinski definition) is 6. The summed E-state index contributed by atoms with van der Waals surface area (Å²) in [6.07, 6.45) is 3.26. The first-order valence-corrected chi connectivity index (χ1v) is 10.5. The van der Waals surface area contributed by atoms with Crippen LogP contribution in [0.5, 0.6) is 0 Å². The first-order valence-electron chi connectivity index (χ1n) is 10.5. The molecule has 0 radical (unpaired) electrons. The maximum absolute atomic E-state index is 13.6. The van der Waals surface area contributed by atoms with Gasteiger partial charge in [0.05, 0.1) is 30.1 Å². The molecule has 33 heavy (non-hydrogen) atoms. The highest BCUT2D eigenvalue weighted by atomic mass is 19.1. The Morgan fingerprint density at radius 2 is 2.06 bits per heavy atom. The van der Waals surface area contributed by atoms with E-state index in [0.29, 0.717) is 35.3 Å². The van der Waals surface area contributed by atoms with E-state index in [2.05, 4.69) is 15.1 Å². The number of carbonyl (C=O) groups is 1. The molecule has 0 spiro atoms. The number of benzene rings is 2. The van der Waals surface area contributed by atoms with Crippen molar-refractivity contribution in [3.63, 3.8) is 0 Å². The monoisotopic (exact) mass is 449 g/mol. The molecular formula is C24H24FN5O3. The Balaban J connectivity index is 1.53. The highest BCUT2D eigenvalue weighted by molar-refractivity contribution is 6.38. The Kier molecular flexibility index (Phi) is 6.60. The first kappa shape index (κ1) is 22.3. The number of hydrogen-bond donors (Lipinski definition) is 2. The van der Waals surface area contributed by atoms with Crippen LogP contribution in [0.1, 0.15) is 28.8 Å². The summed E-state index contributed by atoms with van der Waals surface area (Å²) < 4.78 is 18.8. The van der Waals surface area contributed by atoms with E-state index in [0.717, 1.165) is 12.8 Å². The van der Waals surface area contributed by atoms with Crippen molar-refractivity contribution in [1.29, 1.82) is 0 Å². The van der Waals surface area contributed by atoms with Crippen LogP contribution in [0.15, 0.2) is 63.4 Å². The summed E-state index contributed by atoms with van der Waals surface area (Å²) in [5.74, 6) is 5.04. The van der Waals surface area contributed by atoms with Gasteiger partial charge in [-0.2, -0.15) is 5.10 Å². The van der Waals surface area contributed by atoms with Crippen LogP contribution in [0.4, 0.5) is 10.1 Å². The summed E-state index contributed by atoms with van der Waals surface area (Å²) in [7, 11) is 1.64. The van der Waals surface area contributed by atoms with Crippen molar-refractivity contribution in [3.8, 4) is 0 Å². The van der Waals surface area contributed by atoms with Crippen molar-refractivity contribution in [2.24, 2.45) is 15.9 Å². The quantitative estimate of drug-likeness (QED) is 0.342. The van der Waals surface area contributed by atoms with Crippen molar-refractivity contribution in [2.75, 3.05) is 20.3 Å². The fraction of sp³-hybridized carbons (Fsp3) is 0.250. The lowest BCUT2D eigenvalue weighted by Crippen LogP contribution is -2.38. The number of pyridine rings is 1. The van der Waals surface area contributed by atoms with Crippen molar-refractivity contribution < 1.29 is 13.9 Å². The number of nitrogens with zero attached hydrogens (tertiary/aromatic N) is 3. The number of nitrogens with two attached hydrogens (primary N) is 1. The first-order chi connectivity index (χ1) is 16.0. The van der Waals surface area contributed by atoms with E-state index in [9.17, 15) is 14.0 Å². The topological polar surface area (TPSA) is 113 Å². The van der Waals surface area contributed by atoms with E-state index in [-0.39, 0.29) is 23.2 Å². The van der Waals surface area contributed by atoms with Gasteiger partial charge in [0.2, 0.25) is 0 Å². The van der Waals surface area contributed by atoms with E-state index >= 15 is 0 Å². The predicted molar refractivity (Wildman–Crippen MR) is 126 cm³/mol. The van der Waals surface area contributed by atoms with Gasteiger partial charge in [0, 0.05) is 30.1 Å². The third-order valence-electron chi connectivity index (χ3n) is 5.67. The summed E-state index contributed by atoms with van der Waals surface area (Å²) in [6.45, 7) is 1.24. The second-order valence-electron chi connectivity index (χ2n) is 7.81. The minimum Gasteiger partial charge on any atom is -0.383 e. The van der Waals surface area contributed by atoms with Gasteiger partial charge in [-0.25, -0.2) is 4.39 Å². The lowest BCUT2D eigenvalue weighted by molar-refractivity contribution is 0.0630. The Morgan fingerprint density at radius 3 is 2.79 bits per heavy atom. The largest absolute Gasteiger partial charge is 0.383 e. The number of ether oxygens (including phenoxy) is 1. The van der Waals surface area contributed by atoms with E-state index in [1.54, 1.807) is 31.4 Å². The zero-order chi connectivity index (χ0) is 23.4. The lowest BCUT2D eigenvalue weighted by atomic mass is 10.1. The average molecular weight is 449 g/mol. The summed E-state index contributed by atoms with van der Waals surface area (Å²) in [6, 6.07) is 12.5. The summed E-state index contributed by atoms with van der Waals surface area (Å²) >= 11 is 0. The molecule has 9 heteroatoms. The Morgan fingerprint density at radius 1 is 1.27 bits per heavy atom. The standard InChI is InChI=1S/C24H24FN5O3/c1-33-14-19-3-2-10-30(19)24(32)15-4-7-18(8-5-15)27-13-22(29-26)20-12-16-11-17(25)6-9-21(16)28-23(20)31/h4-9,11-13,19H,2-3,10,14,26H2,1H3,(H,28,31)/t19-/m0/s1. The number of rotatable bonds is 6. The van der Waals surface area contributed by atoms with Gasteiger partial charge < -0.3 is 20.5 Å². The number of carbonyl (C=O) groups excluding carboxylic acids is 1. The van der Waals surface area contributed by atoms with Crippen LogP contribution in [0, 0.1) is 5.82 Å². The molecule has 1 aliphatic heterocycles. The maximum atomic E-state index is 13.6. The minimum atomic E-state index is -0.419. The molecule has 1 atom stereocenters. The molecule has 2 aromatic carbocycles. The number of aromatic nitrogens is 1. The second kappa shape index (κ2) is 9.74. The van der Waals surface area contributed by atoms with Crippen molar-refractivity contribution >= 4 is 34.4 Å². The average Bonchev–Trinajstić information content (AvgIpc) is 3.28. The summed E-state index contributed by atoms with van der Waals surface area (Å²) in [5.41, 5.74) is 1.53. The van der Waals surface area contributed by atoms with Crippen LogP contribution in [-0.2, 0) is 4.74 Å². The van der Waals surface area contributed by atoms with Gasteiger partial charge in [-0.3, -0.25) is 14.6 Å². The molecule has 0 unspecified atom stereocenters. The molecule has 1 saturated heterocycles. The number of aliphatic imine (C=N–C) groups is 1. The number of halogens is 1. The van der Waals surface area contributed by atoms with Crippen LogP contribution in [0.3, 0.4) is 0 Å². The van der Waals surface area contributed by atoms with E-state index in [1.165, 1.54) is 30.5 Å². The Bertz CT molecular complexity index is 1280. The molecule has 170 valence electrons. The van der Waals surface area contributed by atoms with Crippen LogP contribution in [0.25, 0.3) is 10.9 Å². The molecule has 4 rings (SSSR count). The number of amides is 1. The van der Waals surface area contributed by atoms with Gasteiger partial charge in [0.1, 0.15) is 11.5 Å². The highest BCUT2D eigenvalue weighted by Gasteiger charge is 2.29. The molecule has 0 bridgehead atoms. The molecule has 1 aromatic heterocycles. The fourth-order valence-electron chi connectivity index (χ4n) is 4.00. The molecule has 1 aliphatic rings. The molecule has 8 nitrogen and oxygen atoms in total. The molecule has 0 saturated carbocycles. The second-order valence-corrected chi connectivity index (χ2v) is 7.81. The molecule has 3 aromatic rings. The van der Waals surface area contributed by atoms with Gasteiger partial charge in [-0.15, -0.1) is 0 Å². The number of methoxy groups -OCH3 is 1. The minimum absolute atomic E-state index is 0.0378. The third-order valence-corrected chi connectivity index (χ3v) is 5.67. The van der Waals surface area contributed by atoms with Crippen LogP contribution < -0.4 is 11.4 Å². The number of aromatic amines is 1. The van der Waals surface area contributed by atoms with Gasteiger partial charge in [0.15, 0.2) is 0 Å². The van der Waals surface area contributed by atoms with Crippen LogP contribution in [-0.4, -0.2) is 54.0 Å².